The molecule has 0 saturated carbocycles. The molecule has 4 heteroatoms. The number of para-hydroxylation sites is 1. The van der Waals surface area contributed by atoms with Crippen LogP contribution in [-0.4, -0.2) is 19.2 Å². The van der Waals surface area contributed by atoms with Crippen LogP contribution < -0.4 is 10.6 Å². The zero-order chi connectivity index (χ0) is 11.5. The van der Waals surface area contributed by atoms with Gasteiger partial charge in [-0.3, -0.25) is 4.90 Å². The number of hydrogen-bond acceptors (Lipinski definition) is 3. The van der Waals surface area contributed by atoms with E-state index >= 15 is 0 Å². The Morgan fingerprint density at radius 2 is 2.19 bits per heavy atom. The SMILES string of the molecule is CC(N)c1ccccc1N1CCCOC1=O. The average molecular weight is 220 g/mol. The minimum absolute atomic E-state index is 0.0917. The van der Waals surface area contributed by atoms with Crippen molar-refractivity contribution in [2.45, 2.75) is 19.4 Å². The molecule has 0 bridgehead atoms. The maximum Gasteiger partial charge on any atom is 0.414 e. The molecule has 1 unspecified atom stereocenters. The first kappa shape index (κ1) is 11.0. The third-order valence-corrected chi connectivity index (χ3v) is 2.69. The van der Waals surface area contributed by atoms with Crippen LogP contribution >= 0.6 is 0 Å². The molecule has 1 aliphatic heterocycles. The molecule has 4 nitrogen and oxygen atoms in total. The number of carbonyl (C=O) groups excluding carboxylic acids is 1. The van der Waals surface area contributed by atoms with Gasteiger partial charge in [-0.05, 0) is 25.0 Å². The quantitative estimate of drug-likeness (QED) is 0.829. The first-order chi connectivity index (χ1) is 7.70. The summed E-state index contributed by atoms with van der Waals surface area (Å²) in [4.78, 5) is 13.3. The fourth-order valence-corrected chi connectivity index (χ4v) is 1.89. The van der Waals surface area contributed by atoms with Crippen molar-refractivity contribution < 1.29 is 9.53 Å². The van der Waals surface area contributed by atoms with E-state index in [1.54, 1.807) is 4.90 Å². The molecule has 1 aliphatic rings. The Kier molecular flexibility index (Phi) is 3.10. The van der Waals surface area contributed by atoms with E-state index in [0.717, 1.165) is 17.7 Å². The summed E-state index contributed by atoms with van der Waals surface area (Å²) >= 11 is 0. The van der Waals surface area contributed by atoms with Crippen LogP contribution in [0.25, 0.3) is 0 Å². The summed E-state index contributed by atoms with van der Waals surface area (Å²) in [6, 6.07) is 7.60. The summed E-state index contributed by atoms with van der Waals surface area (Å²) in [7, 11) is 0. The number of carbonyl (C=O) groups is 1. The van der Waals surface area contributed by atoms with Gasteiger partial charge < -0.3 is 10.5 Å². The van der Waals surface area contributed by atoms with Gasteiger partial charge in [0, 0.05) is 12.6 Å². The highest BCUT2D eigenvalue weighted by Gasteiger charge is 2.23. The monoisotopic (exact) mass is 220 g/mol. The predicted octanol–water partition coefficient (Wildman–Crippen LogP) is 2.05. The van der Waals surface area contributed by atoms with Gasteiger partial charge in [-0.2, -0.15) is 0 Å². The van der Waals surface area contributed by atoms with Gasteiger partial charge in [0.1, 0.15) is 0 Å². The Hall–Kier alpha value is -1.55. The largest absolute Gasteiger partial charge is 0.449 e. The Labute approximate surface area is 95.0 Å². The van der Waals surface area contributed by atoms with Crippen molar-refractivity contribution in [3.63, 3.8) is 0 Å². The van der Waals surface area contributed by atoms with Gasteiger partial charge in [-0.1, -0.05) is 18.2 Å². The lowest BCUT2D eigenvalue weighted by Gasteiger charge is -2.28. The lowest BCUT2D eigenvalue weighted by Crippen LogP contribution is -2.38. The number of ether oxygens (including phenoxy) is 1. The lowest BCUT2D eigenvalue weighted by molar-refractivity contribution is 0.140. The van der Waals surface area contributed by atoms with Crippen molar-refractivity contribution in [2.24, 2.45) is 5.73 Å². The second kappa shape index (κ2) is 4.53. The summed E-state index contributed by atoms with van der Waals surface area (Å²) in [5.74, 6) is 0. The highest BCUT2D eigenvalue weighted by molar-refractivity contribution is 5.89. The maximum absolute atomic E-state index is 11.6. The van der Waals surface area contributed by atoms with Crippen LogP contribution in [0.5, 0.6) is 0 Å². The number of rotatable bonds is 2. The molecule has 1 fully saturated rings. The molecule has 1 heterocycles. The molecular weight excluding hydrogens is 204 g/mol. The van der Waals surface area contributed by atoms with Crippen LogP contribution in [-0.2, 0) is 4.74 Å². The van der Waals surface area contributed by atoms with Gasteiger partial charge in [0.2, 0.25) is 0 Å². The number of cyclic esters (lactones) is 1. The first-order valence-corrected chi connectivity index (χ1v) is 5.49. The minimum atomic E-state index is -0.278. The molecule has 2 rings (SSSR count). The number of benzene rings is 1. The maximum atomic E-state index is 11.6. The molecule has 1 aromatic rings. The molecule has 2 N–H and O–H groups in total. The van der Waals surface area contributed by atoms with E-state index in [2.05, 4.69) is 0 Å². The molecule has 86 valence electrons. The van der Waals surface area contributed by atoms with Crippen molar-refractivity contribution >= 4 is 11.8 Å². The summed E-state index contributed by atoms with van der Waals surface area (Å²) in [6.45, 7) is 3.12. The van der Waals surface area contributed by atoms with Crippen LogP contribution in [0.1, 0.15) is 24.9 Å². The first-order valence-electron chi connectivity index (χ1n) is 5.49. The van der Waals surface area contributed by atoms with Crippen molar-refractivity contribution in [1.82, 2.24) is 0 Å². The van der Waals surface area contributed by atoms with Crippen molar-refractivity contribution in [3.8, 4) is 0 Å². The van der Waals surface area contributed by atoms with E-state index in [1.807, 2.05) is 31.2 Å². The highest BCUT2D eigenvalue weighted by atomic mass is 16.6. The van der Waals surface area contributed by atoms with E-state index in [4.69, 9.17) is 10.5 Å². The average Bonchev–Trinajstić information content (AvgIpc) is 2.29. The number of anilines is 1. The van der Waals surface area contributed by atoms with Gasteiger partial charge >= 0.3 is 6.09 Å². The Bertz CT molecular complexity index is 390. The van der Waals surface area contributed by atoms with Gasteiger partial charge in [-0.25, -0.2) is 4.79 Å². The smallest absolute Gasteiger partial charge is 0.414 e. The fourth-order valence-electron chi connectivity index (χ4n) is 1.89. The topological polar surface area (TPSA) is 55.6 Å². The second-order valence-corrected chi connectivity index (χ2v) is 3.97. The van der Waals surface area contributed by atoms with Crippen LogP contribution in [0.2, 0.25) is 0 Å². The van der Waals surface area contributed by atoms with Crippen LogP contribution in [0.3, 0.4) is 0 Å². The number of hydrogen-bond donors (Lipinski definition) is 1. The third-order valence-electron chi connectivity index (χ3n) is 2.69. The van der Waals surface area contributed by atoms with Crippen LogP contribution in [0.15, 0.2) is 24.3 Å². The summed E-state index contributed by atoms with van der Waals surface area (Å²) in [5, 5.41) is 0. The molecule has 1 aromatic carbocycles. The van der Waals surface area contributed by atoms with Crippen LogP contribution in [0, 0.1) is 0 Å². The molecule has 1 saturated heterocycles. The summed E-state index contributed by atoms with van der Waals surface area (Å²) < 4.78 is 5.03. The predicted molar refractivity (Wildman–Crippen MR) is 62.4 cm³/mol. The Balaban J connectivity index is 2.34. The van der Waals surface area contributed by atoms with Crippen LogP contribution in [0.4, 0.5) is 10.5 Å². The number of nitrogens with two attached hydrogens (primary N) is 1. The van der Waals surface area contributed by atoms with E-state index in [-0.39, 0.29) is 12.1 Å². The molecule has 0 aliphatic carbocycles. The summed E-state index contributed by atoms with van der Waals surface area (Å²) in [6.07, 6.45) is 0.582. The van der Waals surface area contributed by atoms with E-state index in [9.17, 15) is 4.79 Å². The van der Waals surface area contributed by atoms with Crippen molar-refractivity contribution in [1.29, 1.82) is 0 Å². The van der Waals surface area contributed by atoms with Crippen molar-refractivity contribution in [3.05, 3.63) is 29.8 Å². The molecule has 1 amide bonds. The van der Waals surface area contributed by atoms with Gasteiger partial charge in [0.25, 0.3) is 0 Å². The summed E-state index contributed by atoms with van der Waals surface area (Å²) in [5.41, 5.74) is 7.72. The van der Waals surface area contributed by atoms with E-state index < -0.39 is 0 Å². The molecule has 0 radical (unpaired) electrons. The molecule has 0 spiro atoms. The molecular formula is C12H16N2O2. The van der Waals surface area contributed by atoms with Crippen molar-refractivity contribution in [2.75, 3.05) is 18.1 Å². The zero-order valence-electron chi connectivity index (χ0n) is 9.35. The van der Waals surface area contributed by atoms with Gasteiger partial charge in [0.15, 0.2) is 0 Å². The fraction of sp³-hybridized carbons (Fsp3) is 0.417. The van der Waals surface area contributed by atoms with Gasteiger partial charge in [0.05, 0.1) is 12.3 Å². The lowest BCUT2D eigenvalue weighted by atomic mass is 10.1. The third kappa shape index (κ3) is 2.02. The van der Waals surface area contributed by atoms with E-state index in [1.165, 1.54) is 0 Å². The molecule has 16 heavy (non-hydrogen) atoms. The normalized spacial score (nSPS) is 18.1. The number of nitrogens with zero attached hydrogens (tertiary/aromatic N) is 1. The Morgan fingerprint density at radius 3 is 2.88 bits per heavy atom. The number of amides is 1. The minimum Gasteiger partial charge on any atom is -0.449 e. The Morgan fingerprint density at radius 1 is 1.44 bits per heavy atom. The van der Waals surface area contributed by atoms with Gasteiger partial charge in [-0.15, -0.1) is 0 Å². The standard InChI is InChI=1S/C12H16N2O2/c1-9(13)10-5-2-3-6-11(10)14-7-4-8-16-12(14)15/h2-3,5-6,9H,4,7-8,13H2,1H3. The second-order valence-electron chi connectivity index (χ2n) is 3.97. The highest BCUT2D eigenvalue weighted by Crippen LogP contribution is 2.26. The zero-order valence-corrected chi connectivity index (χ0v) is 9.35. The molecule has 0 aromatic heterocycles. The van der Waals surface area contributed by atoms with E-state index in [0.29, 0.717) is 13.2 Å². The molecule has 1 atom stereocenters.